The maximum atomic E-state index is 12.5. The van der Waals surface area contributed by atoms with E-state index in [0.29, 0.717) is 26.1 Å². The largest absolute Gasteiger partial charge is 0.497 e. The minimum Gasteiger partial charge on any atom is -0.497 e. The number of benzene rings is 2. The number of nitro benzene ring substituents is 1. The van der Waals surface area contributed by atoms with Crippen LogP contribution in [0.2, 0.25) is 0 Å². The SMILES string of the molecule is COc1cccc(-c2cc(C(=O)Nc3c(Br)cc([N+](=O)[O-])cc3Br)[nH]n2)c1. The van der Waals surface area contributed by atoms with Crippen LogP contribution in [0, 0.1) is 10.1 Å². The van der Waals surface area contributed by atoms with Crippen LogP contribution in [-0.2, 0) is 0 Å². The van der Waals surface area contributed by atoms with Crippen molar-refractivity contribution in [1.29, 1.82) is 0 Å². The van der Waals surface area contributed by atoms with E-state index in [4.69, 9.17) is 4.74 Å². The molecule has 2 aromatic carbocycles. The Morgan fingerprint density at radius 1 is 1.22 bits per heavy atom. The van der Waals surface area contributed by atoms with Crippen molar-refractivity contribution in [3.8, 4) is 17.0 Å². The molecule has 0 radical (unpaired) electrons. The van der Waals surface area contributed by atoms with E-state index < -0.39 is 10.8 Å². The van der Waals surface area contributed by atoms with Gasteiger partial charge in [0.05, 0.1) is 23.4 Å². The predicted molar refractivity (Wildman–Crippen MR) is 107 cm³/mol. The molecular formula is C17H12Br2N4O4. The summed E-state index contributed by atoms with van der Waals surface area (Å²) in [7, 11) is 1.57. The number of nitrogens with one attached hydrogen (secondary N) is 2. The second kappa shape index (κ2) is 7.89. The number of aromatic amines is 1. The van der Waals surface area contributed by atoms with E-state index in [0.717, 1.165) is 5.56 Å². The number of carbonyl (C=O) groups is 1. The lowest BCUT2D eigenvalue weighted by Crippen LogP contribution is -2.13. The second-order valence-corrected chi connectivity index (χ2v) is 7.10. The van der Waals surface area contributed by atoms with Crippen molar-refractivity contribution in [1.82, 2.24) is 10.2 Å². The Labute approximate surface area is 170 Å². The number of anilines is 1. The Morgan fingerprint density at radius 3 is 2.56 bits per heavy atom. The molecule has 0 fully saturated rings. The Hall–Kier alpha value is -2.72. The van der Waals surface area contributed by atoms with E-state index in [9.17, 15) is 14.9 Å². The maximum absolute atomic E-state index is 12.5. The molecule has 0 bridgehead atoms. The standard InChI is InChI=1S/C17H12Br2N4O4/c1-27-11-4-2-3-9(5-11)14-8-15(22-21-14)17(24)20-16-12(18)6-10(23(25)26)7-13(16)19/h2-8H,1H3,(H,20,24)(H,21,22). The zero-order valence-electron chi connectivity index (χ0n) is 13.8. The van der Waals surface area contributed by atoms with Gasteiger partial charge in [-0.2, -0.15) is 5.10 Å². The minimum atomic E-state index is -0.517. The smallest absolute Gasteiger partial charge is 0.273 e. The summed E-state index contributed by atoms with van der Waals surface area (Å²) in [6, 6.07) is 11.5. The molecule has 0 aliphatic rings. The first-order valence-electron chi connectivity index (χ1n) is 7.53. The quantitative estimate of drug-likeness (QED) is 0.391. The number of aromatic nitrogens is 2. The topological polar surface area (TPSA) is 110 Å². The van der Waals surface area contributed by atoms with Gasteiger partial charge in [-0.05, 0) is 50.1 Å². The highest BCUT2D eigenvalue weighted by molar-refractivity contribution is 9.11. The van der Waals surface area contributed by atoms with Crippen molar-refractivity contribution in [2.45, 2.75) is 0 Å². The number of halogens is 2. The predicted octanol–water partition coefficient (Wildman–Crippen LogP) is 4.77. The van der Waals surface area contributed by atoms with Gasteiger partial charge in [0, 0.05) is 26.6 Å². The lowest BCUT2D eigenvalue weighted by molar-refractivity contribution is -0.385. The third-order valence-corrected chi connectivity index (χ3v) is 4.92. The highest BCUT2D eigenvalue weighted by Gasteiger charge is 2.18. The van der Waals surface area contributed by atoms with Crippen LogP contribution in [0.4, 0.5) is 11.4 Å². The van der Waals surface area contributed by atoms with Crippen LogP contribution in [0.1, 0.15) is 10.5 Å². The number of hydrogen-bond acceptors (Lipinski definition) is 5. The van der Waals surface area contributed by atoms with Crippen molar-refractivity contribution in [3.05, 3.63) is 67.2 Å². The molecule has 0 aliphatic heterocycles. The second-order valence-electron chi connectivity index (χ2n) is 5.39. The summed E-state index contributed by atoms with van der Waals surface area (Å²) in [4.78, 5) is 22.9. The number of nitrogens with zero attached hydrogens (tertiary/aromatic N) is 2. The molecule has 2 N–H and O–H groups in total. The monoisotopic (exact) mass is 494 g/mol. The van der Waals surface area contributed by atoms with Gasteiger partial charge in [-0.1, -0.05) is 12.1 Å². The first kappa shape index (κ1) is 19.1. The molecule has 1 heterocycles. The van der Waals surface area contributed by atoms with E-state index in [-0.39, 0.29) is 11.4 Å². The molecule has 138 valence electrons. The Morgan fingerprint density at radius 2 is 1.93 bits per heavy atom. The molecule has 0 spiro atoms. The molecular weight excluding hydrogens is 484 g/mol. The molecule has 10 heteroatoms. The first-order valence-corrected chi connectivity index (χ1v) is 9.12. The molecule has 1 aromatic heterocycles. The molecule has 0 atom stereocenters. The van der Waals surface area contributed by atoms with E-state index in [1.807, 2.05) is 18.2 Å². The fourth-order valence-electron chi connectivity index (χ4n) is 2.33. The highest BCUT2D eigenvalue weighted by Crippen LogP contribution is 2.35. The van der Waals surface area contributed by atoms with Gasteiger partial charge in [0.1, 0.15) is 11.4 Å². The van der Waals surface area contributed by atoms with Crippen LogP contribution in [0.25, 0.3) is 11.3 Å². The van der Waals surface area contributed by atoms with Crippen LogP contribution in [0.15, 0.2) is 51.4 Å². The fraction of sp³-hybridized carbons (Fsp3) is 0.0588. The number of carbonyl (C=O) groups excluding carboxylic acids is 1. The van der Waals surface area contributed by atoms with Crippen molar-refractivity contribution >= 4 is 49.1 Å². The number of H-pyrrole nitrogens is 1. The third kappa shape index (κ3) is 4.17. The van der Waals surface area contributed by atoms with Gasteiger partial charge in [-0.15, -0.1) is 0 Å². The van der Waals surface area contributed by atoms with Crippen molar-refractivity contribution < 1.29 is 14.5 Å². The highest BCUT2D eigenvalue weighted by atomic mass is 79.9. The lowest BCUT2D eigenvalue weighted by atomic mass is 10.1. The number of methoxy groups -OCH3 is 1. The van der Waals surface area contributed by atoms with E-state index >= 15 is 0 Å². The summed E-state index contributed by atoms with van der Waals surface area (Å²) < 4.78 is 5.95. The van der Waals surface area contributed by atoms with Gasteiger partial charge >= 0.3 is 0 Å². The van der Waals surface area contributed by atoms with Gasteiger partial charge in [-0.25, -0.2) is 0 Å². The van der Waals surface area contributed by atoms with E-state index in [1.165, 1.54) is 12.1 Å². The number of nitro groups is 1. The van der Waals surface area contributed by atoms with Gasteiger partial charge in [0.25, 0.3) is 11.6 Å². The number of hydrogen-bond donors (Lipinski definition) is 2. The molecule has 0 unspecified atom stereocenters. The third-order valence-electron chi connectivity index (χ3n) is 3.66. The van der Waals surface area contributed by atoms with Crippen LogP contribution < -0.4 is 10.1 Å². The van der Waals surface area contributed by atoms with E-state index in [2.05, 4.69) is 47.4 Å². The minimum absolute atomic E-state index is 0.103. The van der Waals surface area contributed by atoms with Gasteiger partial charge in [0.2, 0.25) is 0 Å². The van der Waals surface area contributed by atoms with Crippen LogP contribution in [0.5, 0.6) is 5.75 Å². The summed E-state index contributed by atoms with van der Waals surface area (Å²) in [5.74, 6) is 0.243. The van der Waals surface area contributed by atoms with Gasteiger partial charge in [-0.3, -0.25) is 20.0 Å². The number of amides is 1. The summed E-state index contributed by atoms with van der Waals surface area (Å²) in [6.07, 6.45) is 0. The van der Waals surface area contributed by atoms with Crippen molar-refractivity contribution in [3.63, 3.8) is 0 Å². The maximum Gasteiger partial charge on any atom is 0.273 e. The fourth-order valence-corrected chi connectivity index (χ4v) is 3.69. The van der Waals surface area contributed by atoms with Crippen LogP contribution in [0.3, 0.4) is 0 Å². The lowest BCUT2D eigenvalue weighted by Gasteiger charge is -2.08. The summed E-state index contributed by atoms with van der Waals surface area (Å²) >= 11 is 6.47. The number of non-ortho nitro benzene ring substituents is 1. The molecule has 1 amide bonds. The molecule has 0 aliphatic carbocycles. The first-order chi connectivity index (χ1) is 12.9. The molecule has 0 saturated heterocycles. The average Bonchev–Trinajstić information content (AvgIpc) is 3.14. The molecule has 0 saturated carbocycles. The molecule has 8 nitrogen and oxygen atoms in total. The molecule has 3 rings (SSSR count). The molecule has 3 aromatic rings. The summed E-state index contributed by atoms with van der Waals surface area (Å²) in [5.41, 5.74) is 1.89. The van der Waals surface area contributed by atoms with Crippen molar-refractivity contribution in [2.75, 3.05) is 12.4 Å². The number of rotatable bonds is 5. The average molecular weight is 496 g/mol. The van der Waals surface area contributed by atoms with Gasteiger partial charge < -0.3 is 10.1 Å². The Kier molecular flexibility index (Phi) is 5.57. The summed E-state index contributed by atoms with van der Waals surface area (Å²) in [6.45, 7) is 0. The zero-order chi connectivity index (χ0) is 19.6. The van der Waals surface area contributed by atoms with Gasteiger partial charge in [0.15, 0.2) is 0 Å². The zero-order valence-corrected chi connectivity index (χ0v) is 17.0. The summed E-state index contributed by atoms with van der Waals surface area (Å²) in [5, 5.41) is 20.4. The Balaban J connectivity index is 1.84. The van der Waals surface area contributed by atoms with Crippen molar-refractivity contribution in [2.24, 2.45) is 0 Å². The van der Waals surface area contributed by atoms with Crippen LogP contribution in [-0.4, -0.2) is 28.1 Å². The Bertz CT molecular complexity index is 1010. The molecule has 27 heavy (non-hydrogen) atoms. The number of ether oxygens (including phenoxy) is 1. The van der Waals surface area contributed by atoms with E-state index in [1.54, 1.807) is 19.2 Å². The normalized spacial score (nSPS) is 10.5. The van der Waals surface area contributed by atoms with Crippen LogP contribution >= 0.6 is 31.9 Å².